The molecule has 2 atom stereocenters. The molecule has 3 nitrogen and oxygen atoms in total. The van der Waals surface area contributed by atoms with Gasteiger partial charge in [0.05, 0.1) is 19.3 Å². The average molecular weight is 440 g/mol. The van der Waals surface area contributed by atoms with Crippen molar-refractivity contribution in [3.05, 3.63) is 0 Å². The predicted octanol–water partition coefficient (Wildman–Crippen LogP) is 5.07. The first kappa shape index (κ1) is 23.6. The minimum absolute atomic E-state index is 0.0708. The van der Waals surface area contributed by atoms with Crippen LogP contribution in [0.3, 0.4) is 0 Å². The summed E-state index contributed by atoms with van der Waals surface area (Å²) in [5.41, 5.74) is 0. The number of aliphatic hydroxyl groups excluding tert-OH is 2. The van der Waals surface area contributed by atoms with Crippen molar-refractivity contribution in [2.45, 2.75) is 80.7 Å². The molecule has 2 rings (SSSR count). The van der Waals surface area contributed by atoms with Gasteiger partial charge in [-0.1, -0.05) is 68.9 Å². The molecule has 2 aliphatic rings. The zero-order valence-corrected chi connectivity index (χ0v) is 19.3. The van der Waals surface area contributed by atoms with E-state index < -0.39 is 0 Å². The third-order valence-electron chi connectivity index (χ3n) is 5.34. The Balaban J connectivity index is 1.54. The second-order valence-electron chi connectivity index (χ2n) is 7.41. The smallest absolute Gasteiger partial charge is 0.0609 e. The largest absolute Gasteiger partial charge is 0.395 e. The highest BCUT2D eigenvalue weighted by molar-refractivity contribution is 8.77. The van der Waals surface area contributed by atoms with Crippen LogP contribution < -0.4 is 0 Å². The molecule has 2 aliphatic heterocycles. The highest BCUT2D eigenvalue weighted by Gasteiger charge is 2.18. The summed E-state index contributed by atoms with van der Waals surface area (Å²) >= 11 is 0. The highest BCUT2D eigenvalue weighted by Crippen LogP contribution is 2.40. The van der Waals surface area contributed by atoms with Gasteiger partial charge in [0.1, 0.15) is 0 Å². The quantitative estimate of drug-likeness (QED) is 0.273. The van der Waals surface area contributed by atoms with Crippen LogP contribution in [0.25, 0.3) is 0 Å². The molecule has 0 saturated carbocycles. The Kier molecular flexibility index (Phi) is 13.7. The summed E-state index contributed by atoms with van der Waals surface area (Å²) in [6.07, 6.45) is 13.1. The van der Waals surface area contributed by atoms with E-state index in [4.69, 9.17) is 0 Å². The predicted molar refractivity (Wildman–Crippen MR) is 123 cm³/mol. The Hall–Kier alpha value is 1.28. The fourth-order valence-electron chi connectivity index (χ4n) is 3.62. The van der Waals surface area contributed by atoms with Gasteiger partial charge in [0.25, 0.3) is 0 Å². The molecule has 2 heterocycles. The zero-order valence-electron chi connectivity index (χ0n) is 16.0. The van der Waals surface area contributed by atoms with E-state index in [1.54, 1.807) is 0 Å². The van der Waals surface area contributed by atoms with Gasteiger partial charge in [0.2, 0.25) is 0 Å². The maximum Gasteiger partial charge on any atom is 0.0609 e. The van der Waals surface area contributed by atoms with Crippen molar-refractivity contribution in [3.8, 4) is 0 Å². The summed E-state index contributed by atoms with van der Waals surface area (Å²) < 4.78 is 0. The summed E-state index contributed by atoms with van der Waals surface area (Å²) in [5, 5.41) is 20.9. The lowest BCUT2D eigenvalue weighted by molar-refractivity contribution is 0.0710. The first-order valence-corrected chi connectivity index (χ1v) is 15.1. The van der Waals surface area contributed by atoms with Crippen LogP contribution in [-0.4, -0.2) is 69.5 Å². The molecule has 0 radical (unpaired) electrons. The number of hydrogen-bond donors (Lipinski definition) is 2. The minimum atomic E-state index is -0.0708. The van der Waals surface area contributed by atoms with Crippen LogP contribution in [0.5, 0.6) is 0 Å². The number of hydrogen-bond acceptors (Lipinski definition) is 7. The van der Waals surface area contributed by atoms with Crippen molar-refractivity contribution < 1.29 is 10.2 Å². The molecule has 0 aromatic rings. The Labute approximate surface area is 176 Å². The molecular formula is C19H37NO2S4. The highest BCUT2D eigenvalue weighted by atomic mass is 33.1. The van der Waals surface area contributed by atoms with Crippen molar-refractivity contribution in [1.82, 2.24) is 4.90 Å². The van der Waals surface area contributed by atoms with Crippen molar-refractivity contribution in [3.63, 3.8) is 0 Å². The first-order valence-electron chi connectivity index (χ1n) is 10.4. The van der Waals surface area contributed by atoms with Crippen molar-refractivity contribution in [2.24, 2.45) is 0 Å². The Morgan fingerprint density at radius 3 is 1.62 bits per heavy atom. The van der Waals surface area contributed by atoms with Crippen LogP contribution >= 0.6 is 43.2 Å². The molecule has 2 saturated heterocycles. The van der Waals surface area contributed by atoms with E-state index >= 15 is 0 Å². The molecule has 0 bridgehead atoms. The summed E-state index contributed by atoms with van der Waals surface area (Å²) in [6, 6.07) is -0.0708. The van der Waals surface area contributed by atoms with E-state index in [2.05, 4.69) is 26.5 Å². The molecule has 154 valence electrons. The standard InChI is InChI=1S/C19H37NO2S4/c21-15-17(16-22)20(11-5-1-3-7-18-9-13-23-25-18)12-6-2-4-8-19-10-14-24-26-19/h17-19,21-22H,1-16H2. The molecule has 0 aromatic heterocycles. The van der Waals surface area contributed by atoms with Crippen LogP contribution in [0.15, 0.2) is 0 Å². The summed E-state index contributed by atoms with van der Waals surface area (Å²) in [5.74, 6) is 2.66. The van der Waals surface area contributed by atoms with Crippen LogP contribution in [0.2, 0.25) is 0 Å². The van der Waals surface area contributed by atoms with Gasteiger partial charge in [-0.15, -0.1) is 0 Å². The zero-order chi connectivity index (χ0) is 18.5. The van der Waals surface area contributed by atoms with Crippen LogP contribution in [-0.2, 0) is 0 Å². The molecule has 0 aliphatic carbocycles. The lowest BCUT2D eigenvalue weighted by atomic mass is 10.1. The fraction of sp³-hybridized carbons (Fsp3) is 1.00. The molecular weight excluding hydrogens is 402 g/mol. The van der Waals surface area contributed by atoms with E-state index in [9.17, 15) is 10.2 Å². The van der Waals surface area contributed by atoms with E-state index in [-0.39, 0.29) is 19.3 Å². The topological polar surface area (TPSA) is 43.7 Å². The SMILES string of the molecule is OCC(CO)N(CCCCCC1CCSS1)CCCCCC1CCSS1. The van der Waals surface area contributed by atoms with E-state index in [0.717, 1.165) is 23.6 Å². The van der Waals surface area contributed by atoms with Gasteiger partial charge in [0, 0.05) is 22.0 Å². The lowest BCUT2D eigenvalue weighted by Gasteiger charge is -2.29. The van der Waals surface area contributed by atoms with Gasteiger partial charge in [-0.05, 0) is 51.6 Å². The van der Waals surface area contributed by atoms with Crippen molar-refractivity contribution >= 4 is 43.2 Å². The number of aliphatic hydroxyl groups is 2. The Morgan fingerprint density at radius 1 is 0.731 bits per heavy atom. The monoisotopic (exact) mass is 439 g/mol. The second-order valence-corrected chi connectivity index (χ2v) is 13.0. The first-order chi connectivity index (χ1) is 12.8. The van der Waals surface area contributed by atoms with Gasteiger partial charge in [-0.25, -0.2) is 0 Å². The molecule has 2 fully saturated rings. The van der Waals surface area contributed by atoms with Crippen molar-refractivity contribution in [1.29, 1.82) is 0 Å². The second kappa shape index (κ2) is 15.2. The van der Waals surface area contributed by atoms with Gasteiger partial charge in [-0.3, -0.25) is 4.90 Å². The summed E-state index contributed by atoms with van der Waals surface area (Å²) in [4.78, 5) is 2.33. The van der Waals surface area contributed by atoms with E-state index in [0.29, 0.717) is 0 Å². The minimum Gasteiger partial charge on any atom is -0.395 e. The van der Waals surface area contributed by atoms with Crippen LogP contribution in [0.4, 0.5) is 0 Å². The average Bonchev–Trinajstić information content (AvgIpc) is 3.35. The van der Waals surface area contributed by atoms with E-state index in [1.165, 1.54) is 75.7 Å². The van der Waals surface area contributed by atoms with E-state index in [1.807, 2.05) is 21.6 Å². The third-order valence-corrected chi connectivity index (χ3v) is 11.3. The number of rotatable bonds is 15. The summed E-state index contributed by atoms with van der Waals surface area (Å²) in [7, 11) is 8.23. The number of unbranched alkanes of at least 4 members (excludes halogenated alkanes) is 4. The van der Waals surface area contributed by atoms with Crippen molar-refractivity contribution in [2.75, 3.05) is 37.8 Å². The molecule has 0 amide bonds. The van der Waals surface area contributed by atoms with Gasteiger partial charge in [0.15, 0.2) is 0 Å². The fourth-order valence-corrected chi connectivity index (χ4v) is 9.68. The normalized spacial score (nSPS) is 23.5. The number of nitrogens with zero attached hydrogens (tertiary/aromatic N) is 1. The molecule has 2 N–H and O–H groups in total. The third kappa shape index (κ3) is 9.66. The Morgan fingerprint density at radius 2 is 1.23 bits per heavy atom. The van der Waals surface area contributed by atoms with Gasteiger partial charge in [-0.2, -0.15) is 0 Å². The Bertz CT molecular complexity index is 310. The van der Waals surface area contributed by atoms with Gasteiger partial charge >= 0.3 is 0 Å². The summed E-state index contributed by atoms with van der Waals surface area (Å²) in [6.45, 7) is 2.19. The molecule has 0 spiro atoms. The molecule has 2 unspecified atom stereocenters. The van der Waals surface area contributed by atoms with Gasteiger partial charge < -0.3 is 10.2 Å². The van der Waals surface area contributed by atoms with Crippen LogP contribution in [0.1, 0.15) is 64.2 Å². The van der Waals surface area contributed by atoms with Crippen LogP contribution in [0, 0.1) is 0 Å². The molecule has 0 aromatic carbocycles. The maximum absolute atomic E-state index is 9.58. The molecule has 7 heteroatoms. The maximum atomic E-state index is 9.58. The molecule has 26 heavy (non-hydrogen) atoms. The lowest BCUT2D eigenvalue weighted by Crippen LogP contribution is -2.41.